The van der Waals surface area contributed by atoms with Gasteiger partial charge in [-0.3, -0.25) is 4.79 Å². The van der Waals surface area contributed by atoms with E-state index in [0.29, 0.717) is 29.6 Å². The standard InChI is InChI=1S/C23H22ClNO3/c24-19-8-6-16(7-9-19)20-10-11-21(28-20)23(27)25-14-12-18(13-15-25)22(26)17-4-2-1-3-5-17/h1-11,18,22,26H,12-15H2. The Labute approximate surface area is 169 Å². The predicted octanol–water partition coefficient (Wildman–Crippen LogP) is 5.19. The molecule has 1 unspecified atom stereocenters. The van der Waals surface area contributed by atoms with Gasteiger partial charge in [0.05, 0.1) is 6.10 Å². The second-order valence-electron chi connectivity index (χ2n) is 7.16. The number of halogens is 1. The van der Waals surface area contributed by atoms with Gasteiger partial charge in [0.15, 0.2) is 5.76 Å². The van der Waals surface area contributed by atoms with Crippen LogP contribution in [0.4, 0.5) is 0 Å². The van der Waals surface area contributed by atoms with Crippen molar-refractivity contribution in [3.8, 4) is 11.3 Å². The fourth-order valence-corrected chi connectivity index (χ4v) is 3.84. The van der Waals surface area contributed by atoms with Gasteiger partial charge in [-0.25, -0.2) is 0 Å². The zero-order chi connectivity index (χ0) is 19.5. The van der Waals surface area contributed by atoms with Crippen LogP contribution in [0, 0.1) is 5.92 Å². The van der Waals surface area contributed by atoms with E-state index in [2.05, 4.69) is 0 Å². The van der Waals surface area contributed by atoms with Crippen molar-refractivity contribution < 1.29 is 14.3 Å². The Balaban J connectivity index is 1.38. The van der Waals surface area contributed by atoms with Crippen molar-refractivity contribution in [1.82, 2.24) is 4.90 Å². The summed E-state index contributed by atoms with van der Waals surface area (Å²) in [6, 6.07) is 20.6. The Bertz CT molecular complexity index is 928. The first kappa shape index (κ1) is 18.8. The van der Waals surface area contributed by atoms with Gasteiger partial charge >= 0.3 is 0 Å². The zero-order valence-electron chi connectivity index (χ0n) is 15.4. The molecule has 0 radical (unpaired) electrons. The second kappa shape index (κ2) is 8.21. The van der Waals surface area contributed by atoms with Crippen LogP contribution in [-0.2, 0) is 0 Å². The van der Waals surface area contributed by atoms with Gasteiger partial charge in [-0.2, -0.15) is 0 Å². The minimum atomic E-state index is -0.487. The van der Waals surface area contributed by atoms with Crippen LogP contribution >= 0.6 is 11.6 Å². The quantitative estimate of drug-likeness (QED) is 0.661. The summed E-state index contributed by atoms with van der Waals surface area (Å²) in [5, 5.41) is 11.3. The minimum Gasteiger partial charge on any atom is -0.451 e. The number of furan rings is 1. The van der Waals surface area contributed by atoms with Crippen molar-refractivity contribution in [2.75, 3.05) is 13.1 Å². The smallest absolute Gasteiger partial charge is 0.289 e. The number of carbonyl (C=O) groups is 1. The molecule has 1 aliphatic heterocycles. The first-order valence-corrected chi connectivity index (χ1v) is 9.87. The number of nitrogens with zero attached hydrogens (tertiary/aromatic N) is 1. The molecule has 0 bridgehead atoms. The molecule has 1 fully saturated rings. The van der Waals surface area contributed by atoms with Crippen LogP contribution in [-0.4, -0.2) is 29.0 Å². The maximum absolute atomic E-state index is 12.8. The van der Waals surface area contributed by atoms with E-state index in [1.54, 1.807) is 23.1 Å². The molecule has 4 nitrogen and oxygen atoms in total. The fraction of sp³-hybridized carbons (Fsp3) is 0.261. The highest BCUT2D eigenvalue weighted by molar-refractivity contribution is 6.30. The SMILES string of the molecule is O=C(c1ccc(-c2ccc(Cl)cc2)o1)N1CCC(C(O)c2ccccc2)CC1. The van der Waals surface area contributed by atoms with E-state index in [1.165, 1.54) is 0 Å². The molecule has 2 heterocycles. The second-order valence-corrected chi connectivity index (χ2v) is 7.59. The first-order valence-electron chi connectivity index (χ1n) is 9.50. The Morgan fingerprint density at radius 3 is 2.36 bits per heavy atom. The number of benzene rings is 2. The van der Waals surface area contributed by atoms with Crippen molar-refractivity contribution in [2.45, 2.75) is 18.9 Å². The maximum Gasteiger partial charge on any atom is 0.289 e. The summed E-state index contributed by atoms with van der Waals surface area (Å²) in [4.78, 5) is 14.6. The molecular formula is C23H22ClNO3. The predicted molar refractivity (Wildman–Crippen MR) is 109 cm³/mol. The van der Waals surface area contributed by atoms with Crippen molar-refractivity contribution in [3.63, 3.8) is 0 Å². The Hall–Kier alpha value is -2.56. The summed E-state index contributed by atoms with van der Waals surface area (Å²) in [5.74, 6) is 1.04. The maximum atomic E-state index is 12.8. The molecule has 5 heteroatoms. The number of amides is 1. The van der Waals surface area contributed by atoms with Gasteiger partial charge in [0, 0.05) is 23.7 Å². The normalized spacial score (nSPS) is 16.1. The van der Waals surface area contributed by atoms with E-state index in [0.717, 1.165) is 24.0 Å². The number of aliphatic hydroxyl groups is 1. The highest BCUT2D eigenvalue weighted by atomic mass is 35.5. The lowest BCUT2D eigenvalue weighted by molar-refractivity contribution is 0.0443. The monoisotopic (exact) mass is 395 g/mol. The highest BCUT2D eigenvalue weighted by Crippen LogP contribution is 2.31. The molecule has 2 aromatic carbocycles. The van der Waals surface area contributed by atoms with Crippen molar-refractivity contribution in [1.29, 1.82) is 0 Å². The Morgan fingerprint density at radius 2 is 1.68 bits per heavy atom. The van der Waals surface area contributed by atoms with Crippen LogP contribution in [0.15, 0.2) is 71.1 Å². The summed E-state index contributed by atoms with van der Waals surface area (Å²) in [5.41, 5.74) is 1.82. The number of rotatable bonds is 4. The number of likely N-dealkylation sites (tertiary alicyclic amines) is 1. The summed E-state index contributed by atoms with van der Waals surface area (Å²) in [6.07, 6.45) is 1.05. The van der Waals surface area contributed by atoms with Crippen LogP contribution in [0.1, 0.15) is 35.1 Å². The molecule has 4 rings (SSSR count). The number of piperidine rings is 1. The molecule has 28 heavy (non-hydrogen) atoms. The van der Waals surface area contributed by atoms with E-state index in [9.17, 15) is 9.90 Å². The zero-order valence-corrected chi connectivity index (χ0v) is 16.2. The van der Waals surface area contributed by atoms with Crippen LogP contribution in [0.5, 0.6) is 0 Å². The number of hydrogen-bond donors (Lipinski definition) is 1. The van der Waals surface area contributed by atoms with Crippen LogP contribution in [0.3, 0.4) is 0 Å². The topological polar surface area (TPSA) is 53.7 Å². The molecule has 1 saturated heterocycles. The third-order valence-corrected chi connectivity index (χ3v) is 5.61. The van der Waals surface area contributed by atoms with Gasteiger partial charge in [-0.15, -0.1) is 0 Å². The number of aliphatic hydroxyl groups excluding tert-OH is 1. The lowest BCUT2D eigenvalue weighted by atomic mass is 9.87. The van der Waals surface area contributed by atoms with Gasteiger partial charge in [-0.05, 0) is 60.7 Å². The van der Waals surface area contributed by atoms with Crippen molar-refractivity contribution in [3.05, 3.63) is 83.1 Å². The van der Waals surface area contributed by atoms with Crippen LogP contribution < -0.4 is 0 Å². The fourth-order valence-electron chi connectivity index (χ4n) is 3.72. The summed E-state index contributed by atoms with van der Waals surface area (Å²) >= 11 is 5.92. The molecule has 0 spiro atoms. The summed E-state index contributed by atoms with van der Waals surface area (Å²) in [6.45, 7) is 1.23. The summed E-state index contributed by atoms with van der Waals surface area (Å²) < 4.78 is 5.78. The van der Waals surface area contributed by atoms with Gasteiger partial charge in [0.25, 0.3) is 5.91 Å². The van der Waals surface area contributed by atoms with E-state index in [-0.39, 0.29) is 11.8 Å². The number of hydrogen-bond acceptors (Lipinski definition) is 3. The molecule has 144 valence electrons. The third kappa shape index (κ3) is 3.98. The number of carbonyl (C=O) groups excluding carboxylic acids is 1. The van der Waals surface area contributed by atoms with E-state index >= 15 is 0 Å². The molecule has 0 saturated carbocycles. The molecule has 1 aliphatic rings. The van der Waals surface area contributed by atoms with Gasteiger partial charge in [0.2, 0.25) is 0 Å². The van der Waals surface area contributed by atoms with Crippen molar-refractivity contribution >= 4 is 17.5 Å². The molecule has 1 N–H and O–H groups in total. The summed E-state index contributed by atoms with van der Waals surface area (Å²) in [7, 11) is 0. The van der Waals surface area contributed by atoms with Gasteiger partial charge < -0.3 is 14.4 Å². The Kier molecular flexibility index (Phi) is 5.51. The molecule has 0 aliphatic carbocycles. The van der Waals surface area contributed by atoms with E-state index in [1.807, 2.05) is 48.5 Å². The average Bonchev–Trinajstić information content (AvgIpc) is 3.24. The lowest BCUT2D eigenvalue weighted by Crippen LogP contribution is -2.39. The largest absolute Gasteiger partial charge is 0.451 e. The third-order valence-electron chi connectivity index (χ3n) is 5.36. The van der Waals surface area contributed by atoms with Gasteiger partial charge in [0.1, 0.15) is 5.76 Å². The molecule has 3 aromatic rings. The first-order chi connectivity index (χ1) is 13.6. The molecule has 1 atom stereocenters. The lowest BCUT2D eigenvalue weighted by Gasteiger charge is -2.34. The Morgan fingerprint density at radius 1 is 1.00 bits per heavy atom. The average molecular weight is 396 g/mol. The van der Waals surface area contributed by atoms with Crippen LogP contribution in [0.25, 0.3) is 11.3 Å². The van der Waals surface area contributed by atoms with Crippen LogP contribution in [0.2, 0.25) is 5.02 Å². The van der Waals surface area contributed by atoms with Crippen molar-refractivity contribution in [2.24, 2.45) is 5.92 Å². The molecular weight excluding hydrogens is 374 g/mol. The van der Waals surface area contributed by atoms with Gasteiger partial charge in [-0.1, -0.05) is 41.9 Å². The molecule has 1 aromatic heterocycles. The van der Waals surface area contributed by atoms with E-state index in [4.69, 9.17) is 16.0 Å². The minimum absolute atomic E-state index is 0.104. The molecule has 1 amide bonds. The highest BCUT2D eigenvalue weighted by Gasteiger charge is 2.29. The van der Waals surface area contributed by atoms with E-state index < -0.39 is 6.10 Å².